The van der Waals surface area contributed by atoms with Crippen LogP contribution in [0.2, 0.25) is 0 Å². The van der Waals surface area contributed by atoms with Crippen LogP contribution in [-0.4, -0.2) is 11.1 Å². The molecule has 0 amide bonds. The van der Waals surface area contributed by atoms with E-state index in [1.807, 2.05) is 0 Å². The van der Waals surface area contributed by atoms with Crippen LogP contribution < -0.4 is 4.52 Å². The Morgan fingerprint density at radius 3 is 2.03 bits per heavy atom. The van der Waals surface area contributed by atoms with Crippen molar-refractivity contribution in [3.05, 3.63) is 62.6 Å². The third kappa shape index (κ3) is 5.91. The van der Waals surface area contributed by atoms with Gasteiger partial charge in [-0.1, -0.05) is 6.07 Å². The van der Waals surface area contributed by atoms with Gasteiger partial charge in [0.05, 0.1) is 4.47 Å². The zero-order chi connectivity index (χ0) is 23.7. The van der Waals surface area contributed by atoms with Crippen molar-refractivity contribution in [2.75, 3.05) is 0 Å². The standard InChI is InChI=1S/C16H9BrF9O3PS/c17-8-3-6(1-2-9(8)29-30(27,28)15(22)23)4-31-5-7-11(18)13(20)10(16(24,25)26)14(21)12(7)19/h1-3,15H,4-5H2,(H,27,28). The first-order valence-corrected chi connectivity index (χ1v) is 11.3. The van der Waals surface area contributed by atoms with Crippen LogP contribution in [0.3, 0.4) is 0 Å². The summed E-state index contributed by atoms with van der Waals surface area (Å²) in [7, 11) is -5.23. The Balaban J connectivity index is 2.16. The zero-order valence-corrected chi connectivity index (χ0v) is 17.9. The first-order valence-electron chi connectivity index (χ1n) is 7.75. The Morgan fingerprint density at radius 2 is 1.58 bits per heavy atom. The van der Waals surface area contributed by atoms with E-state index in [1.165, 1.54) is 12.1 Å². The van der Waals surface area contributed by atoms with E-state index in [2.05, 4.69) is 20.5 Å². The third-order valence-corrected chi connectivity index (χ3v) is 6.23. The quantitative estimate of drug-likeness (QED) is 0.219. The van der Waals surface area contributed by atoms with Gasteiger partial charge in [-0.2, -0.15) is 33.7 Å². The third-order valence-electron chi connectivity index (χ3n) is 3.62. The normalized spacial score (nSPS) is 14.1. The molecule has 172 valence electrons. The highest BCUT2D eigenvalue weighted by atomic mass is 79.9. The van der Waals surface area contributed by atoms with Crippen molar-refractivity contribution >= 4 is 35.3 Å². The van der Waals surface area contributed by atoms with Gasteiger partial charge in [-0.25, -0.2) is 22.1 Å². The maximum atomic E-state index is 13.9. The molecule has 1 unspecified atom stereocenters. The summed E-state index contributed by atoms with van der Waals surface area (Å²) >= 11 is 3.59. The van der Waals surface area contributed by atoms with E-state index in [-0.39, 0.29) is 10.2 Å². The van der Waals surface area contributed by atoms with Gasteiger partial charge in [-0.05, 0) is 33.6 Å². The summed E-state index contributed by atoms with van der Waals surface area (Å²) in [6.45, 7) is 0. The van der Waals surface area contributed by atoms with Crippen LogP contribution in [0.4, 0.5) is 39.5 Å². The van der Waals surface area contributed by atoms with E-state index in [0.29, 0.717) is 17.3 Å². The van der Waals surface area contributed by atoms with Gasteiger partial charge in [0.15, 0.2) is 23.3 Å². The predicted molar refractivity (Wildman–Crippen MR) is 96.9 cm³/mol. The van der Waals surface area contributed by atoms with E-state index < -0.39 is 65.8 Å². The summed E-state index contributed by atoms with van der Waals surface area (Å²) in [5.74, 6) is -10.7. The number of alkyl halides is 5. The highest BCUT2D eigenvalue weighted by Crippen LogP contribution is 2.50. The van der Waals surface area contributed by atoms with Crippen molar-refractivity contribution in [1.82, 2.24) is 0 Å². The monoisotopic (exact) mass is 562 g/mol. The number of hydrogen-bond donors (Lipinski definition) is 1. The molecule has 0 fully saturated rings. The molecule has 2 rings (SSSR count). The van der Waals surface area contributed by atoms with Crippen molar-refractivity contribution in [2.45, 2.75) is 23.8 Å². The summed E-state index contributed by atoms with van der Waals surface area (Å²) < 4.78 is 133. The molecule has 0 aliphatic heterocycles. The molecular formula is C16H9BrF9O3PS. The van der Waals surface area contributed by atoms with E-state index in [4.69, 9.17) is 4.89 Å². The van der Waals surface area contributed by atoms with Crippen molar-refractivity contribution < 1.29 is 53.5 Å². The van der Waals surface area contributed by atoms with E-state index in [0.717, 1.165) is 6.07 Å². The second-order valence-corrected chi connectivity index (χ2v) is 9.34. The van der Waals surface area contributed by atoms with Crippen molar-refractivity contribution in [3.63, 3.8) is 0 Å². The fourth-order valence-corrected chi connectivity index (χ4v) is 4.34. The van der Waals surface area contributed by atoms with Gasteiger partial charge in [-0.3, -0.25) is 0 Å². The van der Waals surface area contributed by atoms with E-state index in [9.17, 15) is 44.1 Å². The van der Waals surface area contributed by atoms with E-state index in [1.54, 1.807) is 0 Å². The zero-order valence-electron chi connectivity index (χ0n) is 14.6. The molecule has 0 aliphatic carbocycles. The molecule has 0 heterocycles. The maximum absolute atomic E-state index is 13.9. The van der Waals surface area contributed by atoms with Crippen LogP contribution in [0.1, 0.15) is 16.7 Å². The van der Waals surface area contributed by atoms with Gasteiger partial charge >= 0.3 is 19.9 Å². The van der Waals surface area contributed by atoms with Crippen LogP contribution in [0, 0.1) is 23.3 Å². The lowest BCUT2D eigenvalue weighted by Gasteiger charge is -2.15. The van der Waals surface area contributed by atoms with Gasteiger partial charge in [0.2, 0.25) is 0 Å². The molecule has 0 radical (unpaired) electrons. The predicted octanol–water partition coefficient (Wildman–Crippen LogP) is 7.24. The minimum absolute atomic E-state index is 0.0236. The van der Waals surface area contributed by atoms with Gasteiger partial charge in [0.25, 0.3) is 0 Å². The Hall–Kier alpha value is -1.37. The van der Waals surface area contributed by atoms with Gasteiger partial charge < -0.3 is 9.42 Å². The van der Waals surface area contributed by atoms with Crippen LogP contribution in [-0.2, 0) is 22.2 Å². The minimum Gasteiger partial charge on any atom is -0.420 e. The maximum Gasteiger partial charge on any atom is 0.442 e. The number of halogens is 10. The fourth-order valence-electron chi connectivity index (χ4n) is 2.21. The van der Waals surface area contributed by atoms with Gasteiger partial charge in [0.1, 0.15) is 11.3 Å². The number of thioether (sulfide) groups is 1. The Labute approximate surface area is 181 Å². The summed E-state index contributed by atoms with van der Waals surface area (Å²) in [4.78, 5) is 9.03. The molecule has 1 N–H and O–H groups in total. The first-order chi connectivity index (χ1) is 14.2. The van der Waals surface area contributed by atoms with Crippen molar-refractivity contribution in [3.8, 4) is 5.75 Å². The molecule has 15 heteroatoms. The summed E-state index contributed by atoms with van der Waals surface area (Å²) in [6.07, 6.45) is -9.29. The Kier molecular flexibility index (Phi) is 8.05. The Bertz CT molecular complexity index is 1000. The molecule has 0 spiro atoms. The molecule has 2 aromatic carbocycles. The lowest BCUT2D eigenvalue weighted by molar-refractivity contribution is -0.143. The van der Waals surface area contributed by atoms with E-state index >= 15 is 0 Å². The highest BCUT2D eigenvalue weighted by molar-refractivity contribution is 9.10. The van der Waals surface area contributed by atoms with Crippen molar-refractivity contribution in [1.29, 1.82) is 0 Å². The fraction of sp³-hybridized carbons (Fsp3) is 0.250. The largest absolute Gasteiger partial charge is 0.442 e. The first kappa shape index (κ1) is 25.9. The minimum atomic E-state index is -5.64. The lowest BCUT2D eigenvalue weighted by Crippen LogP contribution is -2.16. The smallest absolute Gasteiger partial charge is 0.420 e. The molecule has 0 bridgehead atoms. The average Bonchev–Trinajstić information content (AvgIpc) is 2.64. The second-order valence-electron chi connectivity index (χ2n) is 5.80. The molecule has 2 aromatic rings. The Morgan fingerprint density at radius 1 is 1.03 bits per heavy atom. The molecule has 31 heavy (non-hydrogen) atoms. The summed E-state index contributed by atoms with van der Waals surface area (Å²) in [6, 6.07) is 3.53. The van der Waals surface area contributed by atoms with Crippen molar-refractivity contribution in [2.24, 2.45) is 0 Å². The van der Waals surface area contributed by atoms with Crippen LogP contribution in [0.15, 0.2) is 22.7 Å². The lowest BCUT2D eigenvalue weighted by atomic mass is 10.1. The van der Waals surface area contributed by atoms with Crippen LogP contribution >= 0.6 is 35.3 Å². The SMILES string of the molecule is O=P(O)(Oc1ccc(CSCc2c(F)c(F)c(C(F)(F)F)c(F)c2F)cc1Br)C(F)F. The molecule has 0 saturated carbocycles. The second kappa shape index (κ2) is 9.63. The summed E-state index contributed by atoms with van der Waals surface area (Å²) in [5.41, 5.74) is -3.55. The molecule has 1 atom stereocenters. The molecule has 0 aliphatic rings. The number of benzene rings is 2. The molecule has 0 aromatic heterocycles. The average molecular weight is 563 g/mol. The number of rotatable bonds is 7. The van der Waals surface area contributed by atoms with Gasteiger partial charge in [0, 0.05) is 17.1 Å². The van der Waals surface area contributed by atoms with Crippen LogP contribution in [0.5, 0.6) is 5.75 Å². The topological polar surface area (TPSA) is 46.5 Å². The summed E-state index contributed by atoms with van der Waals surface area (Å²) in [5, 5.41) is 0. The van der Waals surface area contributed by atoms with Gasteiger partial charge in [-0.15, -0.1) is 0 Å². The van der Waals surface area contributed by atoms with Crippen LogP contribution in [0.25, 0.3) is 0 Å². The number of hydrogen-bond acceptors (Lipinski definition) is 3. The molecule has 3 nitrogen and oxygen atoms in total. The molecule has 0 saturated heterocycles. The highest BCUT2D eigenvalue weighted by Gasteiger charge is 2.42. The molecular weight excluding hydrogens is 554 g/mol.